The molecule has 0 aliphatic carbocycles. The van der Waals surface area contributed by atoms with E-state index in [-0.39, 0.29) is 11.6 Å². The molecular formula is C20H18ClFN4OS. The van der Waals surface area contributed by atoms with Crippen LogP contribution in [0.4, 0.5) is 15.9 Å². The Morgan fingerprint density at radius 1 is 1.14 bits per heavy atom. The minimum atomic E-state index is -0.475. The fourth-order valence-electron chi connectivity index (χ4n) is 2.39. The van der Waals surface area contributed by atoms with E-state index < -0.39 is 5.82 Å². The highest BCUT2D eigenvalue weighted by molar-refractivity contribution is 7.98. The highest BCUT2D eigenvalue weighted by atomic mass is 35.5. The minimum Gasteiger partial charge on any atom is -0.363 e. The lowest BCUT2D eigenvalue weighted by Gasteiger charge is -2.12. The first kappa shape index (κ1) is 20.1. The quantitative estimate of drug-likeness (QED) is 0.352. The first-order valence-electron chi connectivity index (χ1n) is 8.42. The van der Waals surface area contributed by atoms with E-state index >= 15 is 0 Å². The Bertz CT molecular complexity index is 999. The maximum Gasteiger partial charge on any atom is 0.255 e. The van der Waals surface area contributed by atoms with Gasteiger partial charge in [-0.15, -0.1) is 0 Å². The molecule has 144 valence electrons. The lowest BCUT2D eigenvalue weighted by Crippen LogP contribution is -2.13. The van der Waals surface area contributed by atoms with E-state index in [1.54, 1.807) is 36.4 Å². The second kappa shape index (κ2) is 9.03. The molecule has 0 saturated heterocycles. The van der Waals surface area contributed by atoms with E-state index in [9.17, 15) is 9.18 Å². The van der Waals surface area contributed by atoms with Crippen LogP contribution in [0.25, 0.3) is 0 Å². The van der Waals surface area contributed by atoms with Crippen molar-refractivity contribution in [2.75, 3.05) is 24.3 Å². The van der Waals surface area contributed by atoms with E-state index in [0.29, 0.717) is 21.6 Å². The topological polar surface area (TPSA) is 58.1 Å². The third kappa shape index (κ3) is 5.21. The number of para-hydroxylation sites is 1. The van der Waals surface area contributed by atoms with Crippen molar-refractivity contribution < 1.29 is 9.18 Å². The molecule has 2 aromatic carbocycles. The fourth-order valence-corrected chi connectivity index (χ4v) is 3.41. The number of carbonyl (C=O) groups excluding carboxylic acids is 1. The molecule has 5 nitrogen and oxygen atoms in total. The number of benzene rings is 2. The van der Waals surface area contributed by atoms with Crippen LogP contribution < -0.4 is 10.2 Å². The number of aromatic nitrogens is 2. The number of anilines is 2. The Kier molecular flexibility index (Phi) is 6.49. The van der Waals surface area contributed by atoms with Crippen molar-refractivity contribution in [2.45, 2.75) is 10.9 Å². The predicted molar refractivity (Wildman–Crippen MR) is 112 cm³/mol. The summed E-state index contributed by atoms with van der Waals surface area (Å²) in [5.41, 5.74) is 1.51. The maximum absolute atomic E-state index is 13.7. The molecule has 3 aromatic rings. The van der Waals surface area contributed by atoms with E-state index in [0.717, 1.165) is 11.4 Å². The zero-order chi connectivity index (χ0) is 20.1. The van der Waals surface area contributed by atoms with Crippen LogP contribution in [-0.4, -0.2) is 30.0 Å². The number of halogens is 2. The van der Waals surface area contributed by atoms with Crippen LogP contribution in [0.1, 0.15) is 15.9 Å². The molecule has 0 aliphatic heterocycles. The van der Waals surface area contributed by atoms with Crippen molar-refractivity contribution in [1.82, 2.24) is 9.97 Å². The normalized spacial score (nSPS) is 10.6. The van der Waals surface area contributed by atoms with Gasteiger partial charge in [0.2, 0.25) is 0 Å². The van der Waals surface area contributed by atoms with E-state index in [4.69, 9.17) is 11.6 Å². The highest BCUT2D eigenvalue weighted by Crippen LogP contribution is 2.24. The molecule has 1 heterocycles. The Balaban J connectivity index is 1.70. The molecule has 0 aliphatic rings. The number of nitrogens with one attached hydrogen (secondary N) is 1. The summed E-state index contributed by atoms with van der Waals surface area (Å²) in [6.45, 7) is 0. The van der Waals surface area contributed by atoms with Crippen molar-refractivity contribution in [3.05, 3.63) is 76.7 Å². The van der Waals surface area contributed by atoms with Crippen LogP contribution >= 0.6 is 23.4 Å². The number of hydrogen-bond donors (Lipinski definition) is 1. The number of hydrogen-bond acceptors (Lipinski definition) is 5. The molecule has 8 heteroatoms. The molecular weight excluding hydrogens is 399 g/mol. The molecule has 0 atom stereocenters. The molecule has 0 radical (unpaired) electrons. The summed E-state index contributed by atoms with van der Waals surface area (Å²) in [6.07, 6.45) is 0. The largest absolute Gasteiger partial charge is 0.363 e. The zero-order valence-corrected chi connectivity index (χ0v) is 16.9. The third-order valence-electron chi connectivity index (χ3n) is 3.80. The molecule has 28 heavy (non-hydrogen) atoms. The van der Waals surface area contributed by atoms with Crippen LogP contribution in [0.3, 0.4) is 0 Å². The monoisotopic (exact) mass is 416 g/mol. The minimum absolute atomic E-state index is 0.149. The summed E-state index contributed by atoms with van der Waals surface area (Å²) in [7, 11) is 3.76. The van der Waals surface area contributed by atoms with E-state index in [1.165, 1.54) is 23.9 Å². The second-order valence-corrected chi connectivity index (χ2v) is 7.48. The molecule has 1 amide bonds. The molecule has 0 bridgehead atoms. The van der Waals surface area contributed by atoms with Crippen molar-refractivity contribution in [2.24, 2.45) is 0 Å². The average Bonchev–Trinajstić information content (AvgIpc) is 2.68. The van der Waals surface area contributed by atoms with Crippen molar-refractivity contribution >= 4 is 40.8 Å². The van der Waals surface area contributed by atoms with Gasteiger partial charge in [0, 0.05) is 31.5 Å². The summed E-state index contributed by atoms with van der Waals surface area (Å²) in [6, 6.07) is 14.9. The van der Waals surface area contributed by atoms with Gasteiger partial charge in [-0.25, -0.2) is 14.4 Å². The Morgan fingerprint density at radius 2 is 1.93 bits per heavy atom. The van der Waals surface area contributed by atoms with Crippen LogP contribution in [0.15, 0.2) is 59.8 Å². The average molecular weight is 417 g/mol. The van der Waals surface area contributed by atoms with Gasteiger partial charge in [-0.1, -0.05) is 47.6 Å². The van der Waals surface area contributed by atoms with Gasteiger partial charge in [-0.2, -0.15) is 0 Å². The van der Waals surface area contributed by atoms with Gasteiger partial charge in [0.05, 0.1) is 5.69 Å². The zero-order valence-electron chi connectivity index (χ0n) is 15.3. The van der Waals surface area contributed by atoms with Crippen LogP contribution in [0, 0.1) is 5.82 Å². The summed E-state index contributed by atoms with van der Waals surface area (Å²) in [5, 5.41) is 3.51. The van der Waals surface area contributed by atoms with E-state index in [2.05, 4.69) is 15.3 Å². The van der Waals surface area contributed by atoms with Crippen molar-refractivity contribution in [1.29, 1.82) is 0 Å². The number of nitrogens with zero attached hydrogens (tertiary/aromatic N) is 3. The van der Waals surface area contributed by atoms with Crippen LogP contribution in [-0.2, 0) is 5.75 Å². The molecule has 1 N–H and O–H groups in total. The van der Waals surface area contributed by atoms with Gasteiger partial charge in [-0.3, -0.25) is 4.79 Å². The molecule has 0 saturated carbocycles. The van der Waals surface area contributed by atoms with Crippen LogP contribution in [0.2, 0.25) is 5.15 Å². The Morgan fingerprint density at radius 3 is 2.68 bits per heavy atom. The number of carbonyl (C=O) groups is 1. The van der Waals surface area contributed by atoms with Crippen molar-refractivity contribution in [3.8, 4) is 0 Å². The summed E-state index contributed by atoms with van der Waals surface area (Å²) in [5.74, 6) is 0.442. The van der Waals surface area contributed by atoms with Gasteiger partial charge >= 0.3 is 0 Å². The molecule has 3 rings (SSSR count). The third-order valence-corrected chi connectivity index (χ3v) is 4.91. The Labute approximate surface area is 172 Å². The first-order valence-corrected chi connectivity index (χ1v) is 9.78. The standard InChI is InChI=1S/C20H18ClFN4OS/c1-26(2)18-11-17(21)24-20(25-18)28-12-13-6-5-7-14(10-13)19(27)23-16-9-4-3-8-15(16)22/h3-11H,12H2,1-2H3,(H,23,27). The summed E-state index contributed by atoms with van der Waals surface area (Å²) < 4.78 is 13.7. The highest BCUT2D eigenvalue weighted by Gasteiger charge is 2.11. The summed E-state index contributed by atoms with van der Waals surface area (Å²) in [4.78, 5) is 22.9. The lowest BCUT2D eigenvalue weighted by molar-refractivity contribution is 0.102. The Hall–Kier alpha value is -2.64. The smallest absolute Gasteiger partial charge is 0.255 e. The first-order chi connectivity index (χ1) is 13.4. The second-order valence-electron chi connectivity index (χ2n) is 6.15. The number of amides is 1. The van der Waals surface area contributed by atoms with Gasteiger partial charge < -0.3 is 10.2 Å². The maximum atomic E-state index is 13.7. The molecule has 0 spiro atoms. The molecule has 1 aromatic heterocycles. The predicted octanol–water partition coefficient (Wildman–Crippen LogP) is 4.88. The van der Waals surface area contributed by atoms with E-state index in [1.807, 2.05) is 25.1 Å². The van der Waals surface area contributed by atoms with Crippen molar-refractivity contribution in [3.63, 3.8) is 0 Å². The lowest BCUT2D eigenvalue weighted by atomic mass is 10.1. The summed E-state index contributed by atoms with van der Waals surface area (Å²) >= 11 is 7.48. The molecule has 0 unspecified atom stereocenters. The fraction of sp³-hybridized carbons (Fsp3) is 0.150. The number of rotatable bonds is 6. The van der Waals surface area contributed by atoms with Gasteiger partial charge in [0.25, 0.3) is 5.91 Å². The molecule has 0 fully saturated rings. The van der Waals surface area contributed by atoms with Gasteiger partial charge in [-0.05, 0) is 29.8 Å². The number of thioether (sulfide) groups is 1. The van der Waals surface area contributed by atoms with Crippen LogP contribution in [0.5, 0.6) is 0 Å². The van der Waals surface area contributed by atoms with Gasteiger partial charge in [0.1, 0.15) is 16.8 Å². The van der Waals surface area contributed by atoms with Gasteiger partial charge in [0.15, 0.2) is 5.16 Å². The SMILES string of the molecule is CN(C)c1cc(Cl)nc(SCc2cccc(C(=O)Nc3ccccc3F)c2)n1.